The summed E-state index contributed by atoms with van der Waals surface area (Å²) in [6, 6.07) is 7.28. The van der Waals surface area contributed by atoms with Gasteiger partial charge in [0, 0.05) is 19.3 Å². The van der Waals surface area contributed by atoms with Gasteiger partial charge in [-0.05, 0) is 24.1 Å². The molecule has 2 amide bonds. The summed E-state index contributed by atoms with van der Waals surface area (Å²) < 4.78 is 5.19. The minimum absolute atomic E-state index is 0.0247. The van der Waals surface area contributed by atoms with E-state index in [4.69, 9.17) is 4.74 Å². The third-order valence-electron chi connectivity index (χ3n) is 3.76. The van der Waals surface area contributed by atoms with E-state index in [0.717, 1.165) is 12.0 Å². The molecule has 1 atom stereocenters. The Hall–Kier alpha value is -2.40. The molecular weight excluding hydrogens is 292 g/mol. The third-order valence-corrected chi connectivity index (χ3v) is 3.76. The molecule has 1 aliphatic rings. The monoisotopic (exact) mass is 314 g/mol. The van der Waals surface area contributed by atoms with Crippen LogP contribution in [-0.4, -0.2) is 43.0 Å². The number of hydrogen-bond acceptors (Lipinski definition) is 3. The van der Waals surface area contributed by atoms with Crippen LogP contribution >= 0.6 is 0 Å². The molecule has 0 aromatic heterocycles. The lowest BCUT2D eigenvalue weighted by Gasteiger charge is -2.32. The molecule has 0 saturated carbocycles. The standard InChI is InChI=1S/C18H22N2O3/c1-3-17(21)19-16-10-5-4-8-14(16)12-18(22)20-11-7-6-9-15(20)13-23-2/h3-6,8-10,15H,1,7,11-13H2,2H3,(H,19,21). The average molecular weight is 314 g/mol. The highest BCUT2D eigenvalue weighted by Gasteiger charge is 2.24. The van der Waals surface area contributed by atoms with Crippen LogP contribution in [0.15, 0.2) is 49.1 Å². The zero-order valence-corrected chi connectivity index (χ0v) is 13.3. The second-order valence-corrected chi connectivity index (χ2v) is 5.35. The number of hydrogen-bond donors (Lipinski definition) is 1. The van der Waals surface area contributed by atoms with E-state index in [0.29, 0.717) is 18.8 Å². The summed E-state index contributed by atoms with van der Waals surface area (Å²) in [7, 11) is 1.63. The van der Waals surface area contributed by atoms with Gasteiger partial charge in [0.05, 0.1) is 19.1 Å². The molecule has 0 bridgehead atoms. The minimum Gasteiger partial charge on any atom is -0.382 e. The molecule has 5 nitrogen and oxygen atoms in total. The first-order valence-corrected chi connectivity index (χ1v) is 7.62. The summed E-state index contributed by atoms with van der Waals surface area (Å²) >= 11 is 0. The van der Waals surface area contributed by atoms with Gasteiger partial charge in [-0.15, -0.1) is 0 Å². The quantitative estimate of drug-likeness (QED) is 0.646. The predicted octanol–water partition coefficient (Wildman–Crippen LogP) is 2.16. The maximum Gasteiger partial charge on any atom is 0.247 e. The minimum atomic E-state index is -0.289. The second kappa shape index (κ2) is 8.29. The Bertz CT molecular complexity index is 610. The highest BCUT2D eigenvalue weighted by molar-refractivity contribution is 5.99. The molecule has 23 heavy (non-hydrogen) atoms. The number of para-hydroxylation sites is 1. The van der Waals surface area contributed by atoms with Crippen LogP contribution in [0.3, 0.4) is 0 Å². The van der Waals surface area contributed by atoms with Crippen molar-refractivity contribution in [3.05, 3.63) is 54.6 Å². The maximum absolute atomic E-state index is 12.7. The molecular formula is C18H22N2O3. The van der Waals surface area contributed by atoms with Crippen LogP contribution in [-0.2, 0) is 20.7 Å². The summed E-state index contributed by atoms with van der Waals surface area (Å²) in [6.07, 6.45) is 6.38. The molecule has 0 spiro atoms. The van der Waals surface area contributed by atoms with Crippen LogP contribution in [0.2, 0.25) is 0 Å². The number of nitrogens with zero attached hydrogens (tertiary/aromatic N) is 1. The third kappa shape index (κ3) is 4.53. The van der Waals surface area contributed by atoms with Crippen molar-refractivity contribution < 1.29 is 14.3 Å². The van der Waals surface area contributed by atoms with E-state index in [-0.39, 0.29) is 24.3 Å². The number of carbonyl (C=O) groups is 2. The van der Waals surface area contributed by atoms with Crippen LogP contribution in [0.5, 0.6) is 0 Å². The van der Waals surface area contributed by atoms with E-state index in [1.807, 2.05) is 29.2 Å². The van der Waals surface area contributed by atoms with Crippen LogP contribution < -0.4 is 5.32 Å². The molecule has 1 aromatic rings. The van der Waals surface area contributed by atoms with Crippen molar-refractivity contribution in [1.29, 1.82) is 0 Å². The summed E-state index contributed by atoms with van der Waals surface area (Å²) in [4.78, 5) is 26.0. The van der Waals surface area contributed by atoms with Crippen molar-refractivity contribution >= 4 is 17.5 Å². The Kier molecular flexibility index (Phi) is 6.11. The highest BCUT2D eigenvalue weighted by atomic mass is 16.5. The van der Waals surface area contributed by atoms with E-state index in [1.165, 1.54) is 6.08 Å². The Morgan fingerprint density at radius 3 is 2.96 bits per heavy atom. The number of ether oxygens (including phenoxy) is 1. The Balaban J connectivity index is 2.12. The fraction of sp³-hybridized carbons (Fsp3) is 0.333. The van der Waals surface area contributed by atoms with Gasteiger partial charge in [0.15, 0.2) is 0 Å². The number of benzene rings is 1. The predicted molar refractivity (Wildman–Crippen MR) is 90.1 cm³/mol. The number of carbonyl (C=O) groups excluding carboxylic acids is 2. The number of nitrogens with one attached hydrogen (secondary N) is 1. The first kappa shape index (κ1) is 17.0. The lowest BCUT2D eigenvalue weighted by Crippen LogP contribution is -2.44. The van der Waals surface area contributed by atoms with Gasteiger partial charge in [0.2, 0.25) is 11.8 Å². The molecule has 122 valence electrons. The number of rotatable bonds is 6. The largest absolute Gasteiger partial charge is 0.382 e. The SMILES string of the molecule is C=CC(=O)Nc1ccccc1CC(=O)N1CCC=CC1COC. The molecule has 0 radical (unpaired) electrons. The van der Waals surface area contributed by atoms with Gasteiger partial charge in [0.25, 0.3) is 0 Å². The molecule has 0 fully saturated rings. The van der Waals surface area contributed by atoms with Gasteiger partial charge in [0.1, 0.15) is 0 Å². The number of methoxy groups -OCH3 is 1. The normalized spacial score (nSPS) is 16.9. The zero-order chi connectivity index (χ0) is 16.7. The van der Waals surface area contributed by atoms with Crippen molar-refractivity contribution in [1.82, 2.24) is 4.90 Å². The van der Waals surface area contributed by atoms with E-state index < -0.39 is 0 Å². The molecule has 1 unspecified atom stereocenters. The summed E-state index contributed by atoms with van der Waals surface area (Å²) in [5, 5.41) is 2.74. The van der Waals surface area contributed by atoms with E-state index in [9.17, 15) is 9.59 Å². The van der Waals surface area contributed by atoms with Crippen molar-refractivity contribution in [3.8, 4) is 0 Å². The summed E-state index contributed by atoms with van der Waals surface area (Å²) in [6.45, 7) is 4.61. The lowest BCUT2D eigenvalue weighted by molar-refractivity contribution is -0.133. The van der Waals surface area contributed by atoms with Crippen molar-refractivity contribution in [2.75, 3.05) is 25.6 Å². The van der Waals surface area contributed by atoms with Crippen LogP contribution in [0.1, 0.15) is 12.0 Å². The smallest absolute Gasteiger partial charge is 0.247 e. The van der Waals surface area contributed by atoms with Gasteiger partial charge in [-0.2, -0.15) is 0 Å². The molecule has 1 heterocycles. The van der Waals surface area contributed by atoms with Gasteiger partial charge in [-0.25, -0.2) is 0 Å². The molecule has 1 N–H and O–H groups in total. The van der Waals surface area contributed by atoms with Crippen molar-refractivity contribution in [2.24, 2.45) is 0 Å². The first-order chi connectivity index (χ1) is 11.2. The van der Waals surface area contributed by atoms with Gasteiger partial charge >= 0.3 is 0 Å². The second-order valence-electron chi connectivity index (χ2n) is 5.35. The van der Waals surface area contributed by atoms with E-state index in [1.54, 1.807) is 13.2 Å². The Labute approximate surface area is 136 Å². The molecule has 2 rings (SSSR count). The lowest BCUT2D eigenvalue weighted by atomic mass is 10.1. The summed E-state index contributed by atoms with van der Waals surface area (Å²) in [5.41, 5.74) is 1.43. The Morgan fingerprint density at radius 2 is 2.22 bits per heavy atom. The molecule has 1 aromatic carbocycles. The fourth-order valence-corrected chi connectivity index (χ4v) is 2.61. The molecule has 5 heteroatoms. The number of anilines is 1. The Morgan fingerprint density at radius 1 is 1.43 bits per heavy atom. The van der Waals surface area contributed by atoms with E-state index >= 15 is 0 Å². The van der Waals surface area contributed by atoms with Crippen LogP contribution in [0, 0.1) is 0 Å². The van der Waals surface area contributed by atoms with Crippen molar-refractivity contribution in [2.45, 2.75) is 18.9 Å². The summed E-state index contributed by atoms with van der Waals surface area (Å²) in [5.74, 6) is -0.264. The van der Waals surface area contributed by atoms with Gasteiger partial charge in [-0.3, -0.25) is 9.59 Å². The van der Waals surface area contributed by atoms with Crippen LogP contribution in [0.25, 0.3) is 0 Å². The average Bonchev–Trinajstić information content (AvgIpc) is 2.57. The molecule has 0 aliphatic carbocycles. The van der Waals surface area contributed by atoms with Gasteiger partial charge in [-0.1, -0.05) is 36.9 Å². The van der Waals surface area contributed by atoms with Gasteiger partial charge < -0.3 is 15.0 Å². The number of amides is 2. The zero-order valence-electron chi connectivity index (χ0n) is 13.3. The first-order valence-electron chi connectivity index (χ1n) is 7.62. The van der Waals surface area contributed by atoms with Crippen LogP contribution in [0.4, 0.5) is 5.69 Å². The van der Waals surface area contributed by atoms with E-state index in [2.05, 4.69) is 18.0 Å². The highest BCUT2D eigenvalue weighted by Crippen LogP contribution is 2.19. The molecule has 1 aliphatic heterocycles. The maximum atomic E-state index is 12.7. The molecule has 0 saturated heterocycles. The fourth-order valence-electron chi connectivity index (χ4n) is 2.61. The topological polar surface area (TPSA) is 58.6 Å². The van der Waals surface area contributed by atoms with Crippen molar-refractivity contribution in [3.63, 3.8) is 0 Å².